The summed E-state index contributed by atoms with van der Waals surface area (Å²) in [4.78, 5) is 1.51. The van der Waals surface area contributed by atoms with Gasteiger partial charge in [-0.3, -0.25) is 4.90 Å². The molecular formula is C13H15F3N2. The molecule has 5 heteroatoms. The van der Waals surface area contributed by atoms with Gasteiger partial charge in [-0.05, 0) is 24.0 Å². The van der Waals surface area contributed by atoms with Gasteiger partial charge in [0, 0.05) is 18.1 Å². The van der Waals surface area contributed by atoms with E-state index in [0.29, 0.717) is 0 Å². The summed E-state index contributed by atoms with van der Waals surface area (Å²) in [6, 6.07) is 7.31. The molecule has 18 heavy (non-hydrogen) atoms. The van der Waals surface area contributed by atoms with Crippen LogP contribution in [-0.2, 0) is 5.54 Å². The lowest BCUT2D eigenvalue weighted by Crippen LogP contribution is -2.49. The number of alkyl halides is 3. The average Bonchev–Trinajstić information content (AvgIpc) is 3.06. The zero-order chi connectivity index (χ0) is 13.0. The normalized spacial score (nSPS) is 26.1. The minimum Gasteiger partial charge on any atom is -0.323 e. The second-order valence-electron chi connectivity index (χ2n) is 5.22. The van der Waals surface area contributed by atoms with Crippen LogP contribution in [-0.4, -0.2) is 24.2 Å². The molecule has 0 bridgehead atoms. The average molecular weight is 256 g/mol. The summed E-state index contributed by atoms with van der Waals surface area (Å²) < 4.78 is 37.9. The second kappa shape index (κ2) is 3.71. The Morgan fingerprint density at radius 2 is 1.94 bits per heavy atom. The highest BCUT2D eigenvalue weighted by atomic mass is 19.4. The zero-order valence-corrected chi connectivity index (χ0v) is 9.87. The van der Waals surface area contributed by atoms with Crippen LogP contribution >= 0.6 is 0 Å². The maximum Gasteiger partial charge on any atom is 0.401 e. The molecular weight excluding hydrogens is 241 g/mol. The number of fused-ring (bicyclic) bond motifs is 2. The minimum atomic E-state index is -4.17. The quantitative estimate of drug-likeness (QED) is 0.836. The van der Waals surface area contributed by atoms with Gasteiger partial charge < -0.3 is 5.73 Å². The molecule has 1 spiro atoms. The fourth-order valence-electron chi connectivity index (χ4n) is 3.06. The van der Waals surface area contributed by atoms with Gasteiger partial charge in [-0.25, -0.2) is 0 Å². The van der Waals surface area contributed by atoms with Crippen LogP contribution in [0.15, 0.2) is 24.3 Å². The first kappa shape index (κ1) is 12.0. The molecule has 1 atom stereocenters. The van der Waals surface area contributed by atoms with Gasteiger partial charge in [-0.2, -0.15) is 13.2 Å². The van der Waals surface area contributed by atoms with E-state index in [-0.39, 0.29) is 12.6 Å². The van der Waals surface area contributed by atoms with Crippen LogP contribution in [0.25, 0.3) is 0 Å². The van der Waals surface area contributed by atoms with Gasteiger partial charge in [-0.15, -0.1) is 0 Å². The van der Waals surface area contributed by atoms with E-state index in [2.05, 4.69) is 0 Å². The van der Waals surface area contributed by atoms with Gasteiger partial charge in [0.25, 0.3) is 0 Å². The van der Waals surface area contributed by atoms with E-state index in [4.69, 9.17) is 5.73 Å². The summed E-state index contributed by atoms with van der Waals surface area (Å²) in [7, 11) is 0. The van der Waals surface area contributed by atoms with E-state index in [1.807, 2.05) is 24.3 Å². The Hall–Kier alpha value is -1.07. The highest BCUT2D eigenvalue weighted by Crippen LogP contribution is 2.55. The van der Waals surface area contributed by atoms with Crippen LogP contribution in [0.5, 0.6) is 0 Å². The van der Waals surface area contributed by atoms with Crippen LogP contribution in [0.3, 0.4) is 0 Å². The van der Waals surface area contributed by atoms with Crippen LogP contribution in [0.1, 0.15) is 30.0 Å². The third kappa shape index (κ3) is 1.82. The Balaban J connectivity index is 1.98. The first-order valence-electron chi connectivity index (χ1n) is 6.09. The Labute approximate surface area is 104 Å². The van der Waals surface area contributed by atoms with Crippen molar-refractivity contribution in [1.82, 2.24) is 4.90 Å². The van der Waals surface area contributed by atoms with Crippen LogP contribution in [0.4, 0.5) is 13.2 Å². The maximum atomic E-state index is 12.6. The molecule has 0 aromatic heterocycles. The van der Waals surface area contributed by atoms with Gasteiger partial charge in [0.05, 0.1) is 6.54 Å². The van der Waals surface area contributed by atoms with Crippen LogP contribution in [0.2, 0.25) is 0 Å². The first-order valence-corrected chi connectivity index (χ1v) is 6.09. The number of nitrogens with two attached hydrogens (primary N) is 1. The van der Waals surface area contributed by atoms with Gasteiger partial charge in [0.2, 0.25) is 0 Å². The third-order valence-corrected chi connectivity index (χ3v) is 3.98. The first-order chi connectivity index (χ1) is 8.42. The van der Waals surface area contributed by atoms with Crippen molar-refractivity contribution in [2.45, 2.75) is 30.6 Å². The molecule has 2 nitrogen and oxygen atoms in total. The molecule has 0 saturated heterocycles. The summed E-state index contributed by atoms with van der Waals surface area (Å²) in [6.07, 6.45) is -2.57. The SMILES string of the molecule is NC1CN(CC(F)(F)F)C2(CC2)c2ccccc21. The number of hydrogen-bond donors (Lipinski definition) is 1. The van der Waals surface area contributed by atoms with E-state index in [1.165, 1.54) is 4.90 Å². The highest BCUT2D eigenvalue weighted by molar-refractivity contribution is 5.42. The van der Waals surface area contributed by atoms with Gasteiger partial charge in [0.15, 0.2) is 0 Å². The second-order valence-corrected chi connectivity index (χ2v) is 5.22. The molecule has 1 unspecified atom stereocenters. The number of benzene rings is 1. The molecule has 3 rings (SSSR count). The topological polar surface area (TPSA) is 29.3 Å². The lowest BCUT2D eigenvalue weighted by atomic mass is 9.88. The van der Waals surface area contributed by atoms with E-state index >= 15 is 0 Å². The molecule has 2 N–H and O–H groups in total. The summed E-state index contributed by atoms with van der Waals surface area (Å²) >= 11 is 0. The Morgan fingerprint density at radius 1 is 1.28 bits per heavy atom. The van der Waals surface area contributed by atoms with Crippen molar-refractivity contribution in [3.8, 4) is 0 Å². The fraction of sp³-hybridized carbons (Fsp3) is 0.538. The molecule has 1 fully saturated rings. The van der Waals surface area contributed by atoms with Gasteiger partial charge in [0.1, 0.15) is 0 Å². The monoisotopic (exact) mass is 256 g/mol. The molecule has 1 aliphatic carbocycles. The number of halogens is 3. The van der Waals surface area contributed by atoms with Gasteiger partial charge >= 0.3 is 6.18 Å². The van der Waals surface area contributed by atoms with Crippen molar-refractivity contribution in [3.05, 3.63) is 35.4 Å². The number of nitrogens with zero attached hydrogens (tertiary/aromatic N) is 1. The standard InChI is InChI=1S/C13H15F3N2/c14-13(15,16)8-18-7-11(17)9-3-1-2-4-10(9)12(18)5-6-12/h1-4,11H,5-8,17H2. The lowest BCUT2D eigenvalue weighted by molar-refractivity contribution is -0.155. The summed E-state index contributed by atoms with van der Waals surface area (Å²) in [6.45, 7) is -0.578. The molecule has 98 valence electrons. The fourth-order valence-corrected chi connectivity index (χ4v) is 3.06. The minimum absolute atomic E-state index is 0.288. The van der Waals surface area contributed by atoms with Crippen molar-refractivity contribution in [3.63, 3.8) is 0 Å². The Bertz CT molecular complexity index is 466. The van der Waals surface area contributed by atoms with Gasteiger partial charge in [-0.1, -0.05) is 24.3 Å². The predicted molar refractivity (Wildman–Crippen MR) is 61.9 cm³/mol. The van der Waals surface area contributed by atoms with E-state index in [1.54, 1.807) is 0 Å². The maximum absolute atomic E-state index is 12.6. The van der Waals surface area contributed by atoms with Crippen molar-refractivity contribution in [1.29, 1.82) is 0 Å². The molecule has 1 saturated carbocycles. The Kier molecular flexibility index (Phi) is 2.47. The molecule has 1 aromatic rings. The zero-order valence-electron chi connectivity index (χ0n) is 9.87. The predicted octanol–water partition coefficient (Wildman–Crippen LogP) is 2.55. The van der Waals surface area contributed by atoms with Crippen molar-refractivity contribution in [2.75, 3.05) is 13.1 Å². The number of hydrogen-bond acceptors (Lipinski definition) is 2. The molecule has 2 aliphatic rings. The summed E-state index contributed by atoms with van der Waals surface area (Å²) in [5, 5.41) is 0. The molecule has 0 amide bonds. The Morgan fingerprint density at radius 3 is 2.56 bits per heavy atom. The summed E-state index contributed by atoms with van der Waals surface area (Å²) in [5.41, 5.74) is 7.60. The molecule has 0 radical (unpaired) electrons. The van der Waals surface area contributed by atoms with Crippen LogP contribution < -0.4 is 5.73 Å². The van der Waals surface area contributed by atoms with Crippen LogP contribution in [0, 0.1) is 0 Å². The van der Waals surface area contributed by atoms with E-state index in [0.717, 1.165) is 24.0 Å². The third-order valence-electron chi connectivity index (χ3n) is 3.98. The van der Waals surface area contributed by atoms with Crippen molar-refractivity contribution < 1.29 is 13.2 Å². The van der Waals surface area contributed by atoms with Crippen molar-refractivity contribution >= 4 is 0 Å². The largest absolute Gasteiger partial charge is 0.401 e. The number of rotatable bonds is 1. The molecule has 1 aliphatic heterocycles. The smallest absolute Gasteiger partial charge is 0.323 e. The molecule has 1 heterocycles. The summed E-state index contributed by atoms with van der Waals surface area (Å²) in [5.74, 6) is 0. The lowest BCUT2D eigenvalue weighted by Gasteiger charge is -2.41. The van der Waals surface area contributed by atoms with Crippen molar-refractivity contribution in [2.24, 2.45) is 5.73 Å². The van der Waals surface area contributed by atoms with E-state index < -0.39 is 18.3 Å². The highest BCUT2D eigenvalue weighted by Gasteiger charge is 2.55. The van der Waals surface area contributed by atoms with E-state index in [9.17, 15) is 13.2 Å². The molecule has 1 aromatic carbocycles.